The molecule has 0 spiro atoms. The van der Waals surface area contributed by atoms with E-state index in [0.29, 0.717) is 13.0 Å². The van der Waals surface area contributed by atoms with Gasteiger partial charge in [-0.05, 0) is 20.3 Å². The summed E-state index contributed by atoms with van der Waals surface area (Å²) in [5, 5.41) is 12.1. The summed E-state index contributed by atoms with van der Waals surface area (Å²) in [4.78, 5) is 11.0. The highest BCUT2D eigenvalue weighted by molar-refractivity contribution is 5.73. The predicted octanol–water partition coefficient (Wildman–Crippen LogP) is 1.64. The average molecular weight is 217 g/mol. The Labute approximate surface area is 92.0 Å². The van der Waals surface area contributed by atoms with Crippen LogP contribution in [-0.2, 0) is 9.53 Å². The molecule has 0 aliphatic heterocycles. The minimum atomic E-state index is -0.785. The van der Waals surface area contributed by atoms with Crippen LogP contribution in [0.5, 0.6) is 0 Å². The highest BCUT2D eigenvalue weighted by Crippen LogP contribution is 2.08. The van der Waals surface area contributed by atoms with Gasteiger partial charge in [-0.25, -0.2) is 0 Å². The smallest absolute Gasteiger partial charge is 0.320 e. The van der Waals surface area contributed by atoms with Crippen LogP contribution >= 0.6 is 0 Å². The van der Waals surface area contributed by atoms with Crippen molar-refractivity contribution in [1.82, 2.24) is 5.32 Å². The molecule has 0 fully saturated rings. The van der Waals surface area contributed by atoms with Crippen LogP contribution in [0.15, 0.2) is 0 Å². The molecule has 0 saturated heterocycles. The van der Waals surface area contributed by atoms with Crippen molar-refractivity contribution in [3.63, 3.8) is 0 Å². The number of ether oxygens (including phenoxy) is 1. The molecule has 1 atom stereocenters. The van der Waals surface area contributed by atoms with Gasteiger partial charge in [-0.1, -0.05) is 19.8 Å². The molecular weight excluding hydrogens is 194 g/mol. The number of unbranched alkanes of at least 4 members (excludes halogenated alkanes) is 1. The molecule has 1 unspecified atom stereocenters. The first-order valence-corrected chi connectivity index (χ1v) is 5.42. The lowest BCUT2D eigenvalue weighted by molar-refractivity contribution is -0.140. The molecule has 0 radical (unpaired) electrons. The Bertz CT molecular complexity index is 192. The number of nitrogens with one attached hydrogen (secondary N) is 1. The summed E-state index contributed by atoms with van der Waals surface area (Å²) in [6.45, 7) is 6.44. The van der Waals surface area contributed by atoms with Gasteiger partial charge in [-0.2, -0.15) is 0 Å². The zero-order valence-corrected chi connectivity index (χ0v) is 10.2. The van der Waals surface area contributed by atoms with Gasteiger partial charge in [0.25, 0.3) is 0 Å². The molecule has 0 rings (SSSR count). The summed E-state index contributed by atoms with van der Waals surface area (Å²) in [7, 11) is 1.62. The zero-order chi connectivity index (χ0) is 11.9. The second kappa shape index (κ2) is 6.80. The van der Waals surface area contributed by atoms with Crippen molar-refractivity contribution in [3.8, 4) is 0 Å². The van der Waals surface area contributed by atoms with E-state index in [1.54, 1.807) is 7.11 Å². The number of hydrogen-bond donors (Lipinski definition) is 2. The van der Waals surface area contributed by atoms with Crippen LogP contribution in [0, 0.1) is 0 Å². The summed E-state index contributed by atoms with van der Waals surface area (Å²) in [6.07, 6.45) is 2.60. The highest BCUT2D eigenvalue weighted by Gasteiger charge is 2.25. The topological polar surface area (TPSA) is 58.6 Å². The fourth-order valence-electron chi connectivity index (χ4n) is 1.54. The van der Waals surface area contributed by atoms with Gasteiger partial charge in [-0.15, -0.1) is 0 Å². The standard InChI is InChI=1S/C11H23NO3/c1-5-6-7-9(10(13)14)12-11(2,3)8-15-4/h9,12H,5-8H2,1-4H3,(H,13,14). The molecule has 2 N–H and O–H groups in total. The van der Waals surface area contributed by atoms with Crippen molar-refractivity contribution in [2.45, 2.75) is 51.6 Å². The minimum Gasteiger partial charge on any atom is -0.480 e. The number of hydrogen-bond acceptors (Lipinski definition) is 3. The van der Waals surface area contributed by atoms with E-state index in [4.69, 9.17) is 9.84 Å². The van der Waals surface area contributed by atoms with Crippen molar-refractivity contribution in [1.29, 1.82) is 0 Å². The molecule has 0 saturated carbocycles. The minimum absolute atomic E-state index is 0.300. The monoisotopic (exact) mass is 217 g/mol. The Morgan fingerprint density at radius 3 is 2.53 bits per heavy atom. The van der Waals surface area contributed by atoms with E-state index in [1.807, 2.05) is 13.8 Å². The molecule has 0 aliphatic carbocycles. The fraction of sp³-hybridized carbons (Fsp3) is 0.909. The van der Waals surface area contributed by atoms with Crippen molar-refractivity contribution in [3.05, 3.63) is 0 Å². The van der Waals surface area contributed by atoms with Gasteiger partial charge < -0.3 is 9.84 Å². The van der Waals surface area contributed by atoms with E-state index in [1.165, 1.54) is 0 Å². The zero-order valence-electron chi connectivity index (χ0n) is 10.2. The molecule has 0 bridgehead atoms. The third kappa shape index (κ3) is 6.47. The van der Waals surface area contributed by atoms with Crippen LogP contribution in [0.1, 0.15) is 40.0 Å². The predicted molar refractivity (Wildman–Crippen MR) is 60.0 cm³/mol. The van der Waals surface area contributed by atoms with Crippen LogP contribution in [0.4, 0.5) is 0 Å². The third-order valence-electron chi connectivity index (χ3n) is 2.21. The van der Waals surface area contributed by atoms with E-state index < -0.39 is 12.0 Å². The average Bonchev–Trinajstić information content (AvgIpc) is 2.11. The SMILES string of the molecule is CCCCC(NC(C)(C)COC)C(=O)O. The molecule has 90 valence electrons. The Morgan fingerprint density at radius 2 is 2.13 bits per heavy atom. The molecule has 0 aromatic carbocycles. The first-order valence-electron chi connectivity index (χ1n) is 5.42. The Hall–Kier alpha value is -0.610. The van der Waals surface area contributed by atoms with Crippen molar-refractivity contribution >= 4 is 5.97 Å². The lowest BCUT2D eigenvalue weighted by Crippen LogP contribution is -2.52. The quantitative estimate of drug-likeness (QED) is 0.649. The first-order chi connectivity index (χ1) is 6.93. The van der Waals surface area contributed by atoms with E-state index in [2.05, 4.69) is 12.2 Å². The summed E-state index contributed by atoms with van der Waals surface area (Å²) >= 11 is 0. The third-order valence-corrected chi connectivity index (χ3v) is 2.21. The maximum atomic E-state index is 11.0. The molecule has 4 heteroatoms. The number of methoxy groups -OCH3 is 1. The summed E-state index contributed by atoms with van der Waals surface area (Å²) in [5.74, 6) is -0.785. The van der Waals surface area contributed by atoms with Gasteiger partial charge in [0, 0.05) is 12.6 Å². The molecule has 0 heterocycles. The molecule has 0 aromatic heterocycles. The number of carboxylic acid groups (broad SMARTS) is 1. The second-order valence-corrected chi connectivity index (χ2v) is 4.49. The lowest BCUT2D eigenvalue weighted by Gasteiger charge is -2.29. The Balaban J connectivity index is 4.20. The molecule has 4 nitrogen and oxygen atoms in total. The van der Waals surface area contributed by atoms with Gasteiger partial charge >= 0.3 is 5.97 Å². The van der Waals surface area contributed by atoms with Crippen LogP contribution in [0.3, 0.4) is 0 Å². The van der Waals surface area contributed by atoms with E-state index in [-0.39, 0.29) is 5.54 Å². The van der Waals surface area contributed by atoms with E-state index >= 15 is 0 Å². The van der Waals surface area contributed by atoms with Gasteiger partial charge in [0.05, 0.1) is 6.61 Å². The van der Waals surface area contributed by atoms with Gasteiger partial charge in [0.2, 0.25) is 0 Å². The highest BCUT2D eigenvalue weighted by atomic mass is 16.5. The molecular formula is C11H23NO3. The molecule has 0 amide bonds. The van der Waals surface area contributed by atoms with E-state index in [0.717, 1.165) is 12.8 Å². The van der Waals surface area contributed by atoms with Gasteiger partial charge in [0.15, 0.2) is 0 Å². The number of carboxylic acids is 1. The Kier molecular flexibility index (Phi) is 6.52. The van der Waals surface area contributed by atoms with Crippen LogP contribution < -0.4 is 5.32 Å². The van der Waals surface area contributed by atoms with Crippen LogP contribution in [0.25, 0.3) is 0 Å². The summed E-state index contributed by atoms with van der Waals surface area (Å²) < 4.78 is 5.04. The van der Waals surface area contributed by atoms with Gasteiger partial charge in [0.1, 0.15) is 6.04 Å². The largest absolute Gasteiger partial charge is 0.480 e. The van der Waals surface area contributed by atoms with Crippen LogP contribution in [0.2, 0.25) is 0 Å². The van der Waals surface area contributed by atoms with Crippen molar-refractivity contribution in [2.75, 3.05) is 13.7 Å². The Morgan fingerprint density at radius 1 is 1.53 bits per heavy atom. The number of aliphatic carboxylic acids is 1. The van der Waals surface area contributed by atoms with Gasteiger partial charge in [-0.3, -0.25) is 10.1 Å². The first kappa shape index (κ1) is 14.4. The molecule has 0 aromatic rings. The molecule has 15 heavy (non-hydrogen) atoms. The summed E-state index contributed by atoms with van der Waals surface area (Å²) in [6, 6.07) is -0.477. The number of carbonyl (C=O) groups is 1. The molecule has 0 aliphatic rings. The van der Waals surface area contributed by atoms with Crippen molar-refractivity contribution < 1.29 is 14.6 Å². The maximum Gasteiger partial charge on any atom is 0.320 e. The normalized spacial score (nSPS) is 13.9. The summed E-state index contributed by atoms with van der Waals surface area (Å²) in [5.41, 5.74) is -0.300. The fourth-order valence-corrected chi connectivity index (χ4v) is 1.54. The maximum absolute atomic E-state index is 11.0. The van der Waals surface area contributed by atoms with E-state index in [9.17, 15) is 4.79 Å². The second-order valence-electron chi connectivity index (χ2n) is 4.49. The van der Waals surface area contributed by atoms with Crippen LogP contribution in [-0.4, -0.2) is 36.4 Å². The number of rotatable bonds is 8. The lowest BCUT2D eigenvalue weighted by atomic mass is 10.0. The van der Waals surface area contributed by atoms with Crippen molar-refractivity contribution in [2.24, 2.45) is 0 Å².